The highest BCUT2D eigenvalue weighted by molar-refractivity contribution is 9.10. The Morgan fingerprint density at radius 3 is 2.47 bits per heavy atom. The van der Waals surface area contributed by atoms with Crippen molar-refractivity contribution in [3.63, 3.8) is 0 Å². The minimum atomic E-state index is 0.554. The molecule has 0 unspecified atom stereocenters. The Morgan fingerprint density at radius 1 is 1.12 bits per heavy atom. The highest BCUT2D eigenvalue weighted by atomic mass is 79.9. The molecule has 86 valence electrons. The molecule has 0 atom stereocenters. The lowest BCUT2D eigenvalue weighted by atomic mass is 10.1. The number of nitrogens with zero attached hydrogens (tertiary/aromatic N) is 2. The van der Waals surface area contributed by atoms with Crippen LogP contribution in [0, 0.1) is 0 Å². The fourth-order valence-corrected chi connectivity index (χ4v) is 2.25. The summed E-state index contributed by atoms with van der Waals surface area (Å²) in [5.41, 5.74) is 2.02. The molecule has 1 fully saturated rings. The van der Waals surface area contributed by atoms with E-state index < -0.39 is 0 Å². The van der Waals surface area contributed by atoms with Crippen molar-refractivity contribution >= 4 is 27.5 Å². The van der Waals surface area contributed by atoms with Gasteiger partial charge in [0.05, 0.1) is 5.69 Å². The van der Waals surface area contributed by atoms with Crippen LogP contribution in [0.5, 0.6) is 0 Å². The third-order valence-electron chi connectivity index (χ3n) is 2.79. The summed E-state index contributed by atoms with van der Waals surface area (Å²) in [4.78, 5) is 9.03. The molecule has 0 spiro atoms. The van der Waals surface area contributed by atoms with E-state index in [1.807, 2.05) is 30.3 Å². The second kappa shape index (κ2) is 4.39. The van der Waals surface area contributed by atoms with Crippen molar-refractivity contribution in [1.29, 1.82) is 0 Å². The molecule has 4 heteroatoms. The SMILES string of the molecule is Clc1ccc(-c2cc(Br)nc(C3CC3)n2)cc1. The summed E-state index contributed by atoms with van der Waals surface area (Å²) in [6.45, 7) is 0. The van der Waals surface area contributed by atoms with E-state index in [1.54, 1.807) is 0 Å². The zero-order valence-corrected chi connectivity index (χ0v) is 11.4. The van der Waals surface area contributed by atoms with E-state index in [-0.39, 0.29) is 0 Å². The van der Waals surface area contributed by atoms with Crippen LogP contribution < -0.4 is 0 Å². The Hall–Kier alpha value is -0.930. The Bertz CT molecular complexity index is 550. The highest BCUT2D eigenvalue weighted by Gasteiger charge is 2.27. The summed E-state index contributed by atoms with van der Waals surface area (Å²) in [5.74, 6) is 1.50. The van der Waals surface area contributed by atoms with E-state index in [0.717, 1.165) is 26.7 Å². The fourth-order valence-electron chi connectivity index (χ4n) is 1.73. The van der Waals surface area contributed by atoms with Crippen LogP contribution in [-0.2, 0) is 0 Å². The van der Waals surface area contributed by atoms with E-state index >= 15 is 0 Å². The maximum Gasteiger partial charge on any atom is 0.133 e. The molecule has 1 aromatic carbocycles. The van der Waals surface area contributed by atoms with Crippen LogP contribution in [-0.4, -0.2) is 9.97 Å². The smallest absolute Gasteiger partial charge is 0.133 e. The molecule has 2 aromatic rings. The largest absolute Gasteiger partial charge is 0.233 e. The van der Waals surface area contributed by atoms with Crippen molar-refractivity contribution in [2.75, 3.05) is 0 Å². The molecule has 17 heavy (non-hydrogen) atoms. The second-order valence-corrected chi connectivity index (χ2v) is 5.46. The normalized spacial score (nSPS) is 14.9. The molecule has 3 rings (SSSR count). The van der Waals surface area contributed by atoms with Gasteiger partial charge in [0.25, 0.3) is 0 Å². The first kappa shape index (κ1) is 11.2. The molecule has 0 bridgehead atoms. The van der Waals surface area contributed by atoms with Gasteiger partial charge in [-0.15, -0.1) is 0 Å². The average Bonchev–Trinajstić information content (AvgIpc) is 3.13. The Balaban J connectivity index is 2.04. The minimum Gasteiger partial charge on any atom is -0.233 e. The van der Waals surface area contributed by atoms with Gasteiger partial charge < -0.3 is 0 Å². The number of aromatic nitrogens is 2. The van der Waals surface area contributed by atoms with Crippen LogP contribution in [0.25, 0.3) is 11.3 Å². The lowest BCUT2D eigenvalue weighted by molar-refractivity contribution is 0.919. The van der Waals surface area contributed by atoms with Gasteiger partial charge in [0.2, 0.25) is 0 Å². The van der Waals surface area contributed by atoms with Gasteiger partial charge in [0.15, 0.2) is 0 Å². The summed E-state index contributed by atoms with van der Waals surface area (Å²) in [6, 6.07) is 9.66. The van der Waals surface area contributed by atoms with Crippen molar-refractivity contribution in [2.24, 2.45) is 0 Å². The van der Waals surface area contributed by atoms with E-state index in [2.05, 4.69) is 25.9 Å². The number of rotatable bonds is 2. The van der Waals surface area contributed by atoms with Crippen molar-refractivity contribution in [3.8, 4) is 11.3 Å². The van der Waals surface area contributed by atoms with Gasteiger partial charge in [0.1, 0.15) is 10.4 Å². The third-order valence-corrected chi connectivity index (χ3v) is 3.45. The van der Waals surface area contributed by atoms with E-state index in [1.165, 1.54) is 12.8 Å². The molecule has 0 saturated heterocycles. The molecule has 1 aliphatic rings. The summed E-state index contributed by atoms with van der Waals surface area (Å²) >= 11 is 9.32. The third kappa shape index (κ3) is 2.50. The van der Waals surface area contributed by atoms with Crippen LogP contribution >= 0.6 is 27.5 Å². The summed E-state index contributed by atoms with van der Waals surface area (Å²) < 4.78 is 0.847. The predicted octanol–water partition coefficient (Wildman–Crippen LogP) is 4.44. The van der Waals surface area contributed by atoms with E-state index in [9.17, 15) is 0 Å². The van der Waals surface area contributed by atoms with Gasteiger partial charge >= 0.3 is 0 Å². The Kier molecular flexibility index (Phi) is 2.89. The standard InChI is InChI=1S/C13H10BrClN2/c14-12-7-11(8-3-5-10(15)6-4-8)16-13(17-12)9-1-2-9/h3-7,9H,1-2H2. The molecular weight excluding hydrogens is 300 g/mol. The van der Waals surface area contributed by atoms with E-state index in [0.29, 0.717) is 5.92 Å². The van der Waals surface area contributed by atoms with Crippen LogP contribution in [0.2, 0.25) is 5.02 Å². The van der Waals surface area contributed by atoms with Crippen LogP contribution in [0.3, 0.4) is 0 Å². The molecule has 2 nitrogen and oxygen atoms in total. The zero-order valence-electron chi connectivity index (χ0n) is 9.03. The monoisotopic (exact) mass is 308 g/mol. The van der Waals surface area contributed by atoms with Gasteiger partial charge in [-0.3, -0.25) is 0 Å². The zero-order chi connectivity index (χ0) is 11.8. The first-order chi connectivity index (χ1) is 8.22. The first-order valence-electron chi connectivity index (χ1n) is 5.53. The number of hydrogen-bond donors (Lipinski definition) is 0. The lowest BCUT2D eigenvalue weighted by Crippen LogP contribution is -1.95. The van der Waals surface area contributed by atoms with Crippen molar-refractivity contribution in [2.45, 2.75) is 18.8 Å². The maximum atomic E-state index is 5.88. The molecule has 1 saturated carbocycles. The van der Waals surface area contributed by atoms with Crippen LogP contribution in [0.4, 0.5) is 0 Å². The van der Waals surface area contributed by atoms with Crippen LogP contribution in [0.15, 0.2) is 34.9 Å². The number of benzene rings is 1. The van der Waals surface area contributed by atoms with E-state index in [4.69, 9.17) is 11.6 Å². The topological polar surface area (TPSA) is 25.8 Å². The lowest BCUT2D eigenvalue weighted by Gasteiger charge is -2.04. The molecule has 0 N–H and O–H groups in total. The molecule has 1 heterocycles. The Morgan fingerprint density at radius 2 is 1.82 bits per heavy atom. The van der Waals surface area contributed by atoms with Crippen LogP contribution in [0.1, 0.15) is 24.6 Å². The van der Waals surface area contributed by atoms with Gasteiger partial charge in [-0.1, -0.05) is 23.7 Å². The van der Waals surface area contributed by atoms with Gasteiger partial charge in [0, 0.05) is 16.5 Å². The highest BCUT2D eigenvalue weighted by Crippen LogP contribution is 2.39. The summed E-state index contributed by atoms with van der Waals surface area (Å²) in [5, 5.41) is 0.740. The Labute approximate surface area is 113 Å². The molecule has 0 amide bonds. The van der Waals surface area contributed by atoms with Gasteiger partial charge in [-0.25, -0.2) is 9.97 Å². The molecule has 0 radical (unpaired) electrons. The predicted molar refractivity (Wildman–Crippen MR) is 72.2 cm³/mol. The van der Waals surface area contributed by atoms with Crippen molar-refractivity contribution in [1.82, 2.24) is 9.97 Å². The van der Waals surface area contributed by atoms with Crippen molar-refractivity contribution < 1.29 is 0 Å². The second-order valence-electron chi connectivity index (χ2n) is 4.22. The van der Waals surface area contributed by atoms with Gasteiger partial charge in [-0.05, 0) is 47.0 Å². The molecule has 1 aromatic heterocycles. The molecular formula is C13H10BrClN2. The summed E-state index contributed by atoms with van der Waals surface area (Å²) in [7, 11) is 0. The van der Waals surface area contributed by atoms with Gasteiger partial charge in [-0.2, -0.15) is 0 Å². The molecule has 0 aliphatic heterocycles. The van der Waals surface area contributed by atoms with Crippen molar-refractivity contribution in [3.05, 3.63) is 45.8 Å². The number of hydrogen-bond acceptors (Lipinski definition) is 2. The first-order valence-corrected chi connectivity index (χ1v) is 6.70. The number of halogens is 2. The average molecular weight is 310 g/mol. The quantitative estimate of drug-likeness (QED) is 0.767. The summed E-state index contributed by atoms with van der Waals surface area (Å²) in [6.07, 6.45) is 2.41. The minimum absolute atomic E-state index is 0.554. The fraction of sp³-hybridized carbons (Fsp3) is 0.231. The maximum absolute atomic E-state index is 5.88. The molecule has 1 aliphatic carbocycles.